The van der Waals surface area contributed by atoms with Crippen LogP contribution >= 0.6 is 11.6 Å². The fourth-order valence-electron chi connectivity index (χ4n) is 2.50. The molecule has 0 heterocycles. The zero-order valence-corrected chi connectivity index (χ0v) is 17.0. The summed E-state index contributed by atoms with van der Waals surface area (Å²) in [5, 5.41) is 2.21. The minimum absolute atomic E-state index is 0.0482. The number of ether oxygens (including phenoxy) is 1. The number of sulfonamides is 1. The van der Waals surface area contributed by atoms with Crippen LogP contribution in [0, 0.1) is 11.6 Å². The topological polar surface area (TPSA) is 84.5 Å². The van der Waals surface area contributed by atoms with Crippen LogP contribution in [0.5, 0.6) is 5.75 Å². The van der Waals surface area contributed by atoms with Crippen molar-refractivity contribution in [2.75, 3.05) is 17.1 Å². The summed E-state index contributed by atoms with van der Waals surface area (Å²) in [5.74, 6) is -1.82. The van der Waals surface area contributed by atoms with E-state index in [1.165, 1.54) is 43.5 Å². The van der Waals surface area contributed by atoms with Crippen LogP contribution in [-0.4, -0.2) is 21.4 Å². The predicted octanol–water partition coefficient (Wildman–Crippen LogP) is 4.68. The highest BCUT2D eigenvalue weighted by Gasteiger charge is 2.16. The Labute approximate surface area is 176 Å². The number of anilines is 2. The van der Waals surface area contributed by atoms with Crippen molar-refractivity contribution in [1.82, 2.24) is 0 Å². The van der Waals surface area contributed by atoms with E-state index in [9.17, 15) is 22.0 Å². The highest BCUT2D eigenvalue weighted by molar-refractivity contribution is 7.92. The Morgan fingerprint density at radius 3 is 2.20 bits per heavy atom. The van der Waals surface area contributed by atoms with E-state index in [1.807, 2.05) is 0 Å². The van der Waals surface area contributed by atoms with Crippen molar-refractivity contribution in [2.45, 2.75) is 4.90 Å². The first-order chi connectivity index (χ1) is 14.2. The van der Waals surface area contributed by atoms with Crippen molar-refractivity contribution in [1.29, 1.82) is 0 Å². The summed E-state index contributed by atoms with van der Waals surface area (Å²) in [7, 11) is -2.67. The average Bonchev–Trinajstić information content (AvgIpc) is 2.70. The van der Waals surface area contributed by atoms with Crippen molar-refractivity contribution >= 4 is 38.9 Å². The molecule has 0 aromatic heterocycles. The molecule has 2 N–H and O–H groups in total. The van der Waals surface area contributed by atoms with Gasteiger partial charge in [-0.05, 0) is 54.6 Å². The lowest BCUT2D eigenvalue weighted by molar-refractivity contribution is 0.102. The van der Waals surface area contributed by atoms with Gasteiger partial charge in [0.1, 0.15) is 5.82 Å². The van der Waals surface area contributed by atoms with Crippen molar-refractivity contribution < 1.29 is 26.7 Å². The summed E-state index contributed by atoms with van der Waals surface area (Å²) in [6.07, 6.45) is 0. The summed E-state index contributed by atoms with van der Waals surface area (Å²) >= 11 is 5.63. The van der Waals surface area contributed by atoms with E-state index < -0.39 is 27.6 Å². The Morgan fingerprint density at radius 1 is 0.933 bits per heavy atom. The third-order valence-corrected chi connectivity index (χ3v) is 5.68. The molecule has 0 atom stereocenters. The summed E-state index contributed by atoms with van der Waals surface area (Å²) in [5.41, 5.74) is 0.637. The number of halogens is 3. The van der Waals surface area contributed by atoms with Gasteiger partial charge in [0.15, 0.2) is 11.6 Å². The molecular formula is C20H15ClF2N2O4S. The van der Waals surface area contributed by atoms with E-state index in [2.05, 4.69) is 10.0 Å². The number of rotatable bonds is 6. The predicted molar refractivity (Wildman–Crippen MR) is 110 cm³/mol. The lowest BCUT2D eigenvalue weighted by atomic mass is 10.2. The van der Waals surface area contributed by atoms with Crippen LogP contribution in [0.4, 0.5) is 20.2 Å². The number of hydrogen-bond acceptors (Lipinski definition) is 4. The van der Waals surface area contributed by atoms with Gasteiger partial charge in [0.2, 0.25) is 0 Å². The van der Waals surface area contributed by atoms with Crippen LogP contribution in [0.1, 0.15) is 10.4 Å². The molecule has 0 aliphatic rings. The Balaban J connectivity index is 1.71. The van der Waals surface area contributed by atoms with Crippen LogP contribution < -0.4 is 14.8 Å². The maximum Gasteiger partial charge on any atom is 0.261 e. The van der Waals surface area contributed by atoms with E-state index in [0.29, 0.717) is 0 Å². The molecule has 156 valence electrons. The molecule has 6 nitrogen and oxygen atoms in total. The fraction of sp³-hybridized carbons (Fsp3) is 0.0500. The van der Waals surface area contributed by atoms with Gasteiger partial charge in [-0.25, -0.2) is 17.2 Å². The summed E-state index contributed by atoms with van der Waals surface area (Å²) in [4.78, 5) is 12.1. The molecule has 0 unspecified atom stereocenters. The first-order valence-corrected chi connectivity index (χ1v) is 10.3. The number of benzene rings is 3. The van der Waals surface area contributed by atoms with Gasteiger partial charge in [-0.15, -0.1) is 0 Å². The van der Waals surface area contributed by atoms with Gasteiger partial charge in [0, 0.05) is 23.0 Å². The molecule has 3 rings (SSSR count). The zero-order valence-electron chi connectivity index (χ0n) is 15.4. The molecule has 0 saturated carbocycles. The Kier molecular flexibility index (Phi) is 6.23. The number of methoxy groups -OCH3 is 1. The smallest absolute Gasteiger partial charge is 0.261 e. The molecule has 0 bridgehead atoms. The third kappa shape index (κ3) is 4.87. The van der Waals surface area contributed by atoms with Gasteiger partial charge in [-0.3, -0.25) is 9.52 Å². The fourth-order valence-corrected chi connectivity index (χ4v) is 3.82. The normalized spacial score (nSPS) is 11.1. The monoisotopic (exact) mass is 452 g/mol. The summed E-state index contributed by atoms with van der Waals surface area (Å²) < 4.78 is 58.9. The Bertz CT molecular complexity index is 1200. The number of carbonyl (C=O) groups excluding carboxylic acids is 1. The molecule has 0 spiro atoms. The van der Waals surface area contributed by atoms with Gasteiger partial charge < -0.3 is 10.1 Å². The summed E-state index contributed by atoms with van der Waals surface area (Å²) in [6, 6.07) is 12.6. The molecule has 0 aliphatic heterocycles. The maximum absolute atomic E-state index is 13.7. The highest BCUT2D eigenvalue weighted by atomic mass is 35.5. The van der Waals surface area contributed by atoms with E-state index >= 15 is 0 Å². The first-order valence-electron chi connectivity index (χ1n) is 8.42. The van der Waals surface area contributed by atoms with Gasteiger partial charge in [0.25, 0.3) is 15.9 Å². The van der Waals surface area contributed by atoms with Gasteiger partial charge in [-0.1, -0.05) is 11.6 Å². The third-order valence-electron chi connectivity index (χ3n) is 4.01. The molecule has 30 heavy (non-hydrogen) atoms. The van der Waals surface area contributed by atoms with Crippen molar-refractivity contribution in [3.8, 4) is 5.75 Å². The molecule has 0 radical (unpaired) electrons. The number of nitrogens with one attached hydrogen (secondary N) is 2. The second-order valence-electron chi connectivity index (χ2n) is 6.06. The van der Waals surface area contributed by atoms with Gasteiger partial charge >= 0.3 is 0 Å². The van der Waals surface area contributed by atoms with Crippen LogP contribution in [-0.2, 0) is 10.0 Å². The standard InChI is InChI=1S/C20H15ClF2N2O4S/c1-29-19-9-6-14(10-18(19)23)24-20(26)12-2-4-13(5-3-12)25-30(27,28)15-7-8-17(22)16(21)11-15/h2-11,25H,1H3,(H,24,26). The lowest BCUT2D eigenvalue weighted by Crippen LogP contribution is -2.14. The Hall–Kier alpha value is -3.17. The van der Waals surface area contributed by atoms with Crippen LogP contribution in [0.25, 0.3) is 0 Å². The average molecular weight is 453 g/mol. The maximum atomic E-state index is 13.7. The molecule has 0 aliphatic carbocycles. The number of hydrogen-bond donors (Lipinski definition) is 2. The van der Waals surface area contributed by atoms with E-state index in [1.54, 1.807) is 0 Å². The second-order valence-corrected chi connectivity index (χ2v) is 8.15. The van der Waals surface area contributed by atoms with Crippen LogP contribution in [0.2, 0.25) is 5.02 Å². The van der Waals surface area contributed by atoms with E-state index in [4.69, 9.17) is 16.3 Å². The molecule has 10 heteroatoms. The number of carbonyl (C=O) groups is 1. The van der Waals surface area contributed by atoms with Crippen LogP contribution in [0.3, 0.4) is 0 Å². The van der Waals surface area contributed by atoms with Crippen molar-refractivity contribution in [3.63, 3.8) is 0 Å². The molecule has 1 amide bonds. The minimum Gasteiger partial charge on any atom is -0.494 e. The van der Waals surface area contributed by atoms with E-state index in [0.717, 1.165) is 24.3 Å². The zero-order chi connectivity index (χ0) is 21.9. The molecular weight excluding hydrogens is 438 g/mol. The first kappa shape index (κ1) is 21.5. The minimum atomic E-state index is -4.00. The van der Waals surface area contributed by atoms with Crippen molar-refractivity contribution in [2.24, 2.45) is 0 Å². The molecule has 0 saturated heterocycles. The highest BCUT2D eigenvalue weighted by Crippen LogP contribution is 2.23. The molecule has 3 aromatic rings. The van der Waals surface area contributed by atoms with Crippen molar-refractivity contribution in [3.05, 3.63) is 82.9 Å². The lowest BCUT2D eigenvalue weighted by Gasteiger charge is -2.10. The van der Waals surface area contributed by atoms with Crippen LogP contribution in [0.15, 0.2) is 65.6 Å². The molecule has 3 aromatic carbocycles. The Morgan fingerprint density at radius 2 is 1.60 bits per heavy atom. The largest absolute Gasteiger partial charge is 0.494 e. The van der Waals surface area contributed by atoms with Gasteiger partial charge in [-0.2, -0.15) is 0 Å². The SMILES string of the molecule is COc1ccc(NC(=O)c2ccc(NS(=O)(=O)c3ccc(F)c(Cl)c3)cc2)cc1F. The summed E-state index contributed by atoms with van der Waals surface area (Å²) in [6.45, 7) is 0. The number of amides is 1. The van der Waals surface area contributed by atoms with Gasteiger partial charge in [0.05, 0.1) is 17.0 Å². The quantitative estimate of drug-likeness (QED) is 0.568. The van der Waals surface area contributed by atoms with E-state index in [-0.39, 0.29) is 32.6 Å². The molecule has 0 fully saturated rings. The second kappa shape index (κ2) is 8.68.